The Balaban J connectivity index is 2.39. The monoisotopic (exact) mass is 223 g/mol. The third-order valence-corrected chi connectivity index (χ3v) is 2.69. The maximum atomic E-state index is 3.50. The van der Waals surface area contributed by atoms with Crippen molar-refractivity contribution in [1.29, 1.82) is 0 Å². The highest BCUT2D eigenvalue weighted by molar-refractivity contribution is 7.22. The first-order valence-corrected chi connectivity index (χ1v) is 6.12. The molecule has 2 heteroatoms. The van der Waals surface area contributed by atoms with E-state index >= 15 is 0 Å². The maximum Gasteiger partial charge on any atom is 0.00966 e. The zero-order valence-electron chi connectivity index (χ0n) is 10.0. The van der Waals surface area contributed by atoms with E-state index < -0.39 is 0 Å². The molecule has 0 saturated carbocycles. The van der Waals surface area contributed by atoms with E-state index in [1.165, 1.54) is 10.9 Å². The van der Waals surface area contributed by atoms with Crippen molar-refractivity contribution >= 4 is 9.24 Å². The van der Waals surface area contributed by atoms with Crippen LogP contribution in [0.15, 0.2) is 35.2 Å². The molecular weight excluding hydrogens is 201 g/mol. The van der Waals surface area contributed by atoms with Gasteiger partial charge in [-0.3, -0.25) is 0 Å². The van der Waals surface area contributed by atoms with Gasteiger partial charge in [0.05, 0.1) is 0 Å². The number of hydrogen-bond acceptors (Lipinski definition) is 1. The van der Waals surface area contributed by atoms with Gasteiger partial charge in [0, 0.05) is 5.54 Å². The molecule has 0 aromatic carbocycles. The maximum absolute atomic E-state index is 3.50. The van der Waals surface area contributed by atoms with Crippen LogP contribution in [0.25, 0.3) is 0 Å². The third-order valence-electron chi connectivity index (χ3n) is 2.27. The first-order chi connectivity index (χ1) is 6.97. The predicted molar refractivity (Wildman–Crippen MR) is 72.0 cm³/mol. The lowest BCUT2D eigenvalue weighted by Gasteiger charge is -2.20. The van der Waals surface area contributed by atoms with Crippen molar-refractivity contribution in [3.8, 4) is 0 Å². The molecule has 1 atom stereocenters. The summed E-state index contributed by atoms with van der Waals surface area (Å²) in [5, 5.41) is 4.85. The van der Waals surface area contributed by atoms with Crippen LogP contribution in [0.3, 0.4) is 0 Å². The van der Waals surface area contributed by atoms with Gasteiger partial charge >= 0.3 is 0 Å². The fourth-order valence-electron chi connectivity index (χ4n) is 1.43. The molecule has 1 nitrogen and oxygen atoms in total. The molecule has 1 N–H and O–H groups in total. The summed E-state index contributed by atoms with van der Waals surface area (Å²) in [5.41, 5.74) is 1.63. The van der Waals surface area contributed by atoms with Crippen molar-refractivity contribution < 1.29 is 0 Å². The lowest BCUT2D eigenvalue weighted by atomic mass is 10.1. The van der Waals surface area contributed by atoms with Crippen LogP contribution in [0.1, 0.15) is 33.6 Å². The van der Waals surface area contributed by atoms with Crippen molar-refractivity contribution in [3.63, 3.8) is 0 Å². The van der Waals surface area contributed by atoms with Crippen molar-refractivity contribution in [2.75, 3.05) is 6.54 Å². The molecule has 15 heavy (non-hydrogen) atoms. The lowest BCUT2D eigenvalue weighted by Crippen LogP contribution is -2.36. The summed E-state index contributed by atoms with van der Waals surface area (Å²) in [6.07, 6.45) is 11.0. The first-order valence-electron chi connectivity index (χ1n) is 5.54. The number of rotatable bonds is 3. The average Bonchev–Trinajstić information content (AvgIpc) is 2.29. The zero-order valence-corrected chi connectivity index (χ0v) is 11.2. The van der Waals surface area contributed by atoms with Gasteiger partial charge in [0.2, 0.25) is 0 Å². The van der Waals surface area contributed by atoms with Gasteiger partial charge < -0.3 is 5.32 Å². The predicted octanol–water partition coefficient (Wildman–Crippen LogP) is 3.41. The first kappa shape index (κ1) is 12.7. The molecule has 0 aromatic rings. The summed E-state index contributed by atoms with van der Waals surface area (Å²) in [7, 11) is 2.77. The smallest absolute Gasteiger partial charge is 0.00966 e. The highest BCUT2D eigenvalue weighted by Gasteiger charge is 2.07. The second-order valence-corrected chi connectivity index (χ2v) is 5.76. The van der Waals surface area contributed by atoms with Crippen molar-refractivity contribution in [1.82, 2.24) is 5.32 Å². The Kier molecular flexibility index (Phi) is 4.76. The quantitative estimate of drug-likeness (QED) is 0.723. The Morgan fingerprint density at radius 3 is 2.73 bits per heavy atom. The molecule has 0 amide bonds. The van der Waals surface area contributed by atoms with Crippen LogP contribution in [0.4, 0.5) is 0 Å². The Morgan fingerprint density at radius 1 is 1.33 bits per heavy atom. The third kappa shape index (κ3) is 5.92. The SMILES string of the molecule is CC(C)(C)NCCC1=CC=C(P)CC=C1. The topological polar surface area (TPSA) is 12.0 Å². The molecule has 1 unspecified atom stereocenters. The van der Waals surface area contributed by atoms with E-state index in [-0.39, 0.29) is 5.54 Å². The number of nitrogens with one attached hydrogen (secondary N) is 1. The van der Waals surface area contributed by atoms with Crippen LogP contribution in [0, 0.1) is 0 Å². The summed E-state index contributed by atoms with van der Waals surface area (Å²) in [5.74, 6) is 0. The fourth-order valence-corrected chi connectivity index (χ4v) is 1.66. The van der Waals surface area contributed by atoms with Gasteiger partial charge in [0.25, 0.3) is 0 Å². The Morgan fingerprint density at radius 2 is 2.07 bits per heavy atom. The summed E-state index contributed by atoms with van der Waals surface area (Å²) < 4.78 is 0. The fraction of sp³-hybridized carbons (Fsp3) is 0.538. The van der Waals surface area contributed by atoms with Crippen molar-refractivity contribution in [2.24, 2.45) is 0 Å². The molecule has 1 aliphatic rings. The molecule has 0 bridgehead atoms. The van der Waals surface area contributed by atoms with Crippen LogP contribution < -0.4 is 5.32 Å². The van der Waals surface area contributed by atoms with E-state index in [9.17, 15) is 0 Å². The van der Waals surface area contributed by atoms with Gasteiger partial charge in [0.1, 0.15) is 0 Å². The van der Waals surface area contributed by atoms with Gasteiger partial charge in [-0.05, 0) is 51.0 Å². The standard InChI is InChI=1S/C13H22NP/c1-13(2,3)14-10-9-11-5-4-6-12(15)8-7-11/h4-5,7-8,14H,6,9-10,15H2,1-3H3. The summed E-state index contributed by atoms with van der Waals surface area (Å²) in [6, 6.07) is 0. The van der Waals surface area contributed by atoms with E-state index in [0.29, 0.717) is 0 Å². The van der Waals surface area contributed by atoms with Crippen molar-refractivity contribution in [2.45, 2.75) is 39.2 Å². The van der Waals surface area contributed by atoms with E-state index in [1.807, 2.05) is 0 Å². The summed E-state index contributed by atoms with van der Waals surface area (Å²) in [4.78, 5) is 0. The summed E-state index contributed by atoms with van der Waals surface area (Å²) in [6.45, 7) is 7.64. The zero-order chi connectivity index (χ0) is 11.3. The average molecular weight is 223 g/mol. The van der Waals surface area contributed by atoms with E-state index in [1.54, 1.807) is 0 Å². The van der Waals surface area contributed by atoms with Crippen LogP contribution in [0.2, 0.25) is 0 Å². The molecular formula is C13H22NP. The highest BCUT2D eigenvalue weighted by Crippen LogP contribution is 2.17. The Labute approximate surface area is 95.9 Å². The van der Waals surface area contributed by atoms with Crippen molar-refractivity contribution in [3.05, 3.63) is 35.2 Å². The van der Waals surface area contributed by atoms with E-state index in [2.05, 4.69) is 59.6 Å². The lowest BCUT2D eigenvalue weighted by molar-refractivity contribution is 0.430. The largest absolute Gasteiger partial charge is 0.312 e. The number of allylic oxidation sites excluding steroid dienone is 5. The van der Waals surface area contributed by atoms with E-state index in [0.717, 1.165) is 19.4 Å². The molecule has 0 aliphatic heterocycles. The molecule has 0 spiro atoms. The highest BCUT2D eigenvalue weighted by atomic mass is 31.0. The van der Waals surface area contributed by atoms with E-state index in [4.69, 9.17) is 0 Å². The second kappa shape index (κ2) is 5.63. The molecule has 0 aromatic heterocycles. The summed E-state index contributed by atoms with van der Waals surface area (Å²) >= 11 is 0. The van der Waals surface area contributed by atoms with Gasteiger partial charge in [-0.1, -0.05) is 24.3 Å². The number of hydrogen-bond donors (Lipinski definition) is 1. The Hall–Kier alpha value is -0.390. The van der Waals surface area contributed by atoms with Gasteiger partial charge in [-0.2, -0.15) is 0 Å². The normalized spacial score (nSPS) is 17.1. The minimum atomic E-state index is 0.219. The molecule has 0 fully saturated rings. The van der Waals surface area contributed by atoms with Gasteiger partial charge in [-0.25, -0.2) is 0 Å². The minimum Gasteiger partial charge on any atom is -0.312 e. The van der Waals surface area contributed by atoms with Crippen LogP contribution in [0.5, 0.6) is 0 Å². The molecule has 0 heterocycles. The van der Waals surface area contributed by atoms with Gasteiger partial charge in [0.15, 0.2) is 0 Å². The minimum absolute atomic E-state index is 0.219. The second-order valence-electron chi connectivity index (χ2n) is 5.02. The molecule has 1 aliphatic carbocycles. The molecule has 1 rings (SSSR count). The van der Waals surface area contributed by atoms with Gasteiger partial charge in [-0.15, -0.1) is 9.24 Å². The van der Waals surface area contributed by atoms with Crippen LogP contribution in [-0.2, 0) is 0 Å². The van der Waals surface area contributed by atoms with Crippen LogP contribution in [-0.4, -0.2) is 12.1 Å². The molecule has 0 radical (unpaired) electrons. The Bertz CT molecular complexity index is 292. The molecule has 0 saturated heterocycles. The van der Waals surface area contributed by atoms with Crippen LogP contribution >= 0.6 is 9.24 Å². The molecule has 84 valence electrons.